The van der Waals surface area contributed by atoms with Gasteiger partial charge in [-0.3, -0.25) is 9.54 Å². The molecule has 0 amide bonds. The van der Waals surface area contributed by atoms with Gasteiger partial charge in [-0.25, -0.2) is 0 Å². The van der Waals surface area contributed by atoms with E-state index in [1.54, 1.807) is 18.5 Å². The molecule has 0 fully saturated rings. The number of hydrogen-bond acceptors (Lipinski definition) is 4. The van der Waals surface area contributed by atoms with Gasteiger partial charge in [-0.1, -0.05) is 10.7 Å². The minimum atomic E-state index is -3.96. The van der Waals surface area contributed by atoms with E-state index in [2.05, 4.69) is 10.1 Å². The standard InChI is InChI=1S/C12H13N3O3S/c1-10-3-2-4-12(14-10)11-5-6-15(13-9-11)7-8-19(16,17)18/h2-6,9H,7-8H2,1H3/p+1. The Morgan fingerprint density at radius 3 is 2.68 bits per heavy atom. The van der Waals surface area contributed by atoms with Crippen LogP contribution in [0.2, 0.25) is 0 Å². The summed E-state index contributed by atoms with van der Waals surface area (Å²) < 4.78 is 31.4. The Bertz CT molecular complexity index is 669. The SMILES string of the molecule is Cc1cccc(-c2cc[n+](CCS(=O)(=O)O)nc2)n1. The number of rotatable bonds is 4. The van der Waals surface area contributed by atoms with Gasteiger partial charge in [0.15, 0.2) is 12.7 Å². The van der Waals surface area contributed by atoms with Crippen LogP contribution in [0.1, 0.15) is 5.69 Å². The van der Waals surface area contributed by atoms with Crippen molar-refractivity contribution >= 4 is 10.1 Å². The molecule has 2 aromatic rings. The molecule has 2 aromatic heterocycles. The monoisotopic (exact) mass is 280 g/mol. The summed E-state index contributed by atoms with van der Waals surface area (Å²) in [7, 11) is -3.96. The van der Waals surface area contributed by atoms with Crippen molar-refractivity contribution in [3.05, 3.63) is 42.4 Å². The minimum absolute atomic E-state index is 0.111. The van der Waals surface area contributed by atoms with Gasteiger partial charge in [-0.2, -0.15) is 8.42 Å². The Morgan fingerprint density at radius 2 is 2.11 bits per heavy atom. The minimum Gasteiger partial charge on any atom is -0.285 e. The molecule has 2 heterocycles. The van der Waals surface area contributed by atoms with Crippen molar-refractivity contribution in [2.24, 2.45) is 0 Å². The third-order valence-electron chi connectivity index (χ3n) is 2.53. The summed E-state index contributed by atoms with van der Waals surface area (Å²) >= 11 is 0. The van der Waals surface area contributed by atoms with Crippen LogP contribution < -0.4 is 4.68 Å². The summed E-state index contributed by atoms with van der Waals surface area (Å²) in [6.45, 7) is 2.02. The molecular weight excluding hydrogens is 266 g/mol. The summed E-state index contributed by atoms with van der Waals surface area (Å²) in [6.07, 6.45) is 3.27. The molecule has 100 valence electrons. The van der Waals surface area contributed by atoms with Gasteiger partial charge in [0.1, 0.15) is 11.9 Å². The fourth-order valence-electron chi connectivity index (χ4n) is 1.58. The van der Waals surface area contributed by atoms with E-state index in [1.807, 2.05) is 25.1 Å². The predicted octanol–water partition coefficient (Wildman–Crippen LogP) is 0.627. The summed E-state index contributed by atoms with van der Waals surface area (Å²) in [4.78, 5) is 4.37. The maximum atomic E-state index is 10.6. The Morgan fingerprint density at radius 1 is 1.32 bits per heavy atom. The average Bonchev–Trinajstić information content (AvgIpc) is 2.36. The molecule has 0 aromatic carbocycles. The van der Waals surface area contributed by atoms with Gasteiger partial charge in [-0.15, -0.1) is 0 Å². The van der Waals surface area contributed by atoms with Gasteiger partial charge < -0.3 is 0 Å². The Kier molecular flexibility index (Phi) is 3.87. The molecule has 0 aliphatic heterocycles. The first-order valence-corrected chi connectivity index (χ1v) is 7.30. The molecule has 1 N–H and O–H groups in total. The van der Waals surface area contributed by atoms with E-state index >= 15 is 0 Å². The third kappa shape index (κ3) is 4.08. The second-order valence-corrected chi connectivity index (χ2v) is 5.70. The van der Waals surface area contributed by atoms with Gasteiger partial charge >= 0.3 is 0 Å². The van der Waals surface area contributed by atoms with Crippen LogP contribution in [0.3, 0.4) is 0 Å². The number of aromatic nitrogens is 3. The van der Waals surface area contributed by atoms with Crippen LogP contribution in [-0.2, 0) is 16.7 Å². The van der Waals surface area contributed by atoms with Crippen molar-refractivity contribution in [2.75, 3.05) is 5.75 Å². The van der Waals surface area contributed by atoms with Crippen LogP contribution in [0, 0.1) is 6.92 Å². The number of pyridine rings is 1. The van der Waals surface area contributed by atoms with Crippen LogP contribution in [0.25, 0.3) is 11.3 Å². The van der Waals surface area contributed by atoms with Crippen LogP contribution in [0.4, 0.5) is 0 Å². The van der Waals surface area contributed by atoms with Crippen molar-refractivity contribution in [2.45, 2.75) is 13.5 Å². The smallest absolute Gasteiger partial charge is 0.271 e. The second kappa shape index (κ2) is 5.41. The summed E-state index contributed by atoms with van der Waals surface area (Å²) in [5.41, 5.74) is 2.59. The zero-order chi connectivity index (χ0) is 13.9. The Hall–Kier alpha value is -1.86. The molecule has 6 nitrogen and oxygen atoms in total. The highest BCUT2D eigenvalue weighted by Crippen LogP contribution is 2.13. The van der Waals surface area contributed by atoms with Gasteiger partial charge in [-0.05, 0) is 24.2 Å². The summed E-state index contributed by atoms with van der Waals surface area (Å²) in [6, 6.07) is 7.51. The summed E-state index contributed by atoms with van der Waals surface area (Å²) in [5, 5.41) is 4.09. The van der Waals surface area contributed by atoms with Crippen LogP contribution in [0.15, 0.2) is 36.7 Å². The van der Waals surface area contributed by atoms with Crippen LogP contribution >= 0.6 is 0 Å². The highest BCUT2D eigenvalue weighted by Gasteiger charge is 2.11. The Labute approximate surface area is 111 Å². The normalized spacial score (nSPS) is 11.5. The molecule has 7 heteroatoms. The highest BCUT2D eigenvalue weighted by atomic mass is 32.2. The molecule has 0 aliphatic rings. The molecule has 0 bridgehead atoms. The van der Waals surface area contributed by atoms with Crippen molar-refractivity contribution in [3.8, 4) is 11.3 Å². The fourth-order valence-corrected chi connectivity index (χ4v) is 2.00. The van der Waals surface area contributed by atoms with E-state index in [4.69, 9.17) is 4.55 Å². The van der Waals surface area contributed by atoms with Gasteiger partial charge in [0, 0.05) is 17.3 Å². The topological polar surface area (TPSA) is 84.0 Å². The molecule has 19 heavy (non-hydrogen) atoms. The lowest BCUT2D eigenvalue weighted by atomic mass is 10.2. The molecule has 0 atom stereocenters. The number of hydrogen-bond donors (Lipinski definition) is 1. The van der Waals surface area contributed by atoms with Gasteiger partial charge in [0.05, 0.1) is 5.69 Å². The van der Waals surface area contributed by atoms with Crippen molar-refractivity contribution < 1.29 is 17.7 Å². The van der Waals surface area contributed by atoms with Crippen LogP contribution in [0.5, 0.6) is 0 Å². The fraction of sp³-hybridized carbons (Fsp3) is 0.250. The van der Waals surface area contributed by atoms with Gasteiger partial charge in [0.2, 0.25) is 0 Å². The molecular formula is C12H14N3O3S+. The first-order valence-electron chi connectivity index (χ1n) is 5.69. The first kappa shape index (κ1) is 13.6. The maximum absolute atomic E-state index is 10.6. The maximum Gasteiger partial charge on any atom is 0.271 e. The first-order chi connectivity index (χ1) is 8.94. The Balaban J connectivity index is 2.15. The van der Waals surface area contributed by atoms with Gasteiger partial charge in [0.25, 0.3) is 10.1 Å². The lowest BCUT2D eigenvalue weighted by molar-refractivity contribution is -0.750. The molecule has 0 unspecified atom stereocenters. The molecule has 0 saturated heterocycles. The van der Waals surface area contributed by atoms with E-state index < -0.39 is 10.1 Å². The zero-order valence-corrected chi connectivity index (χ0v) is 11.2. The molecule has 0 aliphatic carbocycles. The lowest BCUT2D eigenvalue weighted by Gasteiger charge is -2.00. The van der Waals surface area contributed by atoms with E-state index in [0.717, 1.165) is 17.0 Å². The van der Waals surface area contributed by atoms with Crippen molar-refractivity contribution in [1.82, 2.24) is 10.1 Å². The molecule has 0 radical (unpaired) electrons. The molecule has 0 spiro atoms. The predicted molar refractivity (Wildman–Crippen MR) is 68.8 cm³/mol. The average molecular weight is 280 g/mol. The number of nitrogens with zero attached hydrogens (tertiary/aromatic N) is 3. The van der Waals surface area contributed by atoms with E-state index in [0.29, 0.717) is 0 Å². The number of aryl methyl sites for hydroxylation is 2. The van der Waals surface area contributed by atoms with E-state index in [1.165, 1.54) is 4.68 Å². The molecule has 2 rings (SSSR count). The zero-order valence-electron chi connectivity index (χ0n) is 10.4. The van der Waals surface area contributed by atoms with Crippen molar-refractivity contribution in [3.63, 3.8) is 0 Å². The lowest BCUT2D eigenvalue weighted by Crippen LogP contribution is -2.40. The van der Waals surface area contributed by atoms with E-state index in [9.17, 15) is 8.42 Å². The van der Waals surface area contributed by atoms with Crippen LogP contribution in [-0.4, -0.2) is 28.8 Å². The largest absolute Gasteiger partial charge is 0.285 e. The highest BCUT2D eigenvalue weighted by molar-refractivity contribution is 7.85. The van der Waals surface area contributed by atoms with E-state index in [-0.39, 0.29) is 12.3 Å². The van der Waals surface area contributed by atoms with Crippen molar-refractivity contribution in [1.29, 1.82) is 0 Å². The molecule has 0 saturated carbocycles. The third-order valence-corrected chi connectivity index (χ3v) is 3.23. The summed E-state index contributed by atoms with van der Waals surface area (Å²) in [5.74, 6) is -0.354. The quantitative estimate of drug-likeness (QED) is 0.656. The second-order valence-electron chi connectivity index (χ2n) is 4.13.